The van der Waals surface area contributed by atoms with E-state index in [9.17, 15) is 22.4 Å². The number of hydrogen-bond acceptors (Lipinski definition) is 5. The van der Waals surface area contributed by atoms with Gasteiger partial charge in [-0.15, -0.1) is 0 Å². The normalized spacial score (nSPS) is 13.7. The highest BCUT2D eigenvalue weighted by Gasteiger charge is 2.28. The lowest BCUT2D eigenvalue weighted by atomic mass is 10.0. The monoisotopic (exact) mass is 482 g/mol. The van der Waals surface area contributed by atoms with Gasteiger partial charge in [0.05, 0.1) is 10.5 Å². The molecule has 0 spiro atoms. The van der Waals surface area contributed by atoms with Crippen LogP contribution in [0.2, 0.25) is 0 Å². The van der Waals surface area contributed by atoms with Crippen LogP contribution < -0.4 is 5.32 Å². The van der Waals surface area contributed by atoms with Crippen molar-refractivity contribution in [1.29, 1.82) is 0 Å². The molecule has 0 saturated heterocycles. The molecule has 1 amide bonds. The molecule has 0 aliphatic carbocycles. The summed E-state index contributed by atoms with van der Waals surface area (Å²) in [7, 11) is -3.72. The first-order chi connectivity index (χ1) is 16.3. The van der Waals surface area contributed by atoms with Crippen LogP contribution in [0.15, 0.2) is 77.7 Å². The van der Waals surface area contributed by atoms with Crippen LogP contribution in [-0.2, 0) is 39.1 Å². The number of nitrogens with one attached hydrogen (secondary N) is 1. The molecule has 1 N–H and O–H groups in total. The number of sulfonamides is 1. The molecule has 3 aromatic rings. The summed E-state index contributed by atoms with van der Waals surface area (Å²) in [6.07, 6.45) is 0.642. The summed E-state index contributed by atoms with van der Waals surface area (Å²) in [5.41, 5.74) is 2.97. The van der Waals surface area contributed by atoms with Crippen LogP contribution in [-0.4, -0.2) is 37.8 Å². The lowest BCUT2D eigenvalue weighted by Crippen LogP contribution is -2.35. The smallest absolute Gasteiger partial charge is 0.338 e. The molecule has 0 atom stereocenters. The molecule has 0 radical (unpaired) electrons. The van der Waals surface area contributed by atoms with Crippen LogP contribution >= 0.6 is 0 Å². The van der Waals surface area contributed by atoms with Crippen molar-refractivity contribution in [3.63, 3.8) is 0 Å². The van der Waals surface area contributed by atoms with Crippen molar-refractivity contribution in [2.75, 3.05) is 13.2 Å². The van der Waals surface area contributed by atoms with Crippen LogP contribution in [0.25, 0.3) is 0 Å². The topological polar surface area (TPSA) is 92.8 Å². The average Bonchev–Trinajstić information content (AvgIpc) is 2.86. The second-order valence-corrected chi connectivity index (χ2v) is 9.80. The van der Waals surface area contributed by atoms with E-state index in [2.05, 4.69) is 5.32 Å². The van der Waals surface area contributed by atoms with Crippen molar-refractivity contribution in [2.24, 2.45) is 0 Å². The minimum atomic E-state index is -3.72. The maximum Gasteiger partial charge on any atom is 0.338 e. The number of nitrogens with zero attached hydrogens (tertiary/aromatic N) is 1. The van der Waals surface area contributed by atoms with Gasteiger partial charge >= 0.3 is 5.97 Å². The molecule has 0 aromatic heterocycles. The fourth-order valence-corrected chi connectivity index (χ4v) is 5.07. The summed E-state index contributed by atoms with van der Waals surface area (Å²) >= 11 is 0. The van der Waals surface area contributed by atoms with Gasteiger partial charge in [0.15, 0.2) is 6.61 Å². The Morgan fingerprint density at radius 1 is 0.941 bits per heavy atom. The number of hydrogen-bond donors (Lipinski definition) is 1. The lowest BCUT2D eigenvalue weighted by Gasteiger charge is -2.28. The number of halogens is 1. The number of carbonyl (C=O) groups is 2. The van der Waals surface area contributed by atoms with E-state index in [4.69, 9.17) is 4.74 Å². The van der Waals surface area contributed by atoms with Gasteiger partial charge < -0.3 is 10.1 Å². The molecule has 4 rings (SSSR count). The number of benzene rings is 3. The van der Waals surface area contributed by atoms with E-state index in [1.165, 1.54) is 40.7 Å². The van der Waals surface area contributed by atoms with Gasteiger partial charge in [-0.3, -0.25) is 4.79 Å². The number of ether oxygens (including phenoxy) is 1. The molecule has 7 nitrogen and oxygen atoms in total. The highest BCUT2D eigenvalue weighted by molar-refractivity contribution is 7.89. The highest BCUT2D eigenvalue weighted by Crippen LogP contribution is 2.25. The third-order valence-corrected chi connectivity index (χ3v) is 7.42. The highest BCUT2D eigenvalue weighted by atomic mass is 32.2. The Hall–Kier alpha value is -3.56. The van der Waals surface area contributed by atoms with E-state index < -0.39 is 28.5 Å². The maximum atomic E-state index is 13.0. The molecule has 176 valence electrons. The number of rotatable bonds is 7. The Bertz CT molecular complexity index is 1290. The average molecular weight is 483 g/mol. The van der Waals surface area contributed by atoms with E-state index in [1.807, 2.05) is 24.3 Å². The third-order valence-electron chi connectivity index (χ3n) is 5.56. The maximum absolute atomic E-state index is 13.0. The molecular formula is C25H23FN2O5S. The standard InChI is InChI=1S/C25H23FN2O5S/c26-22-9-5-18(6-10-22)15-27-24(29)17-33-25(30)20-7-11-23(12-8-20)34(31,32)28-14-13-19-3-1-2-4-21(19)16-28/h1-12H,13-17H2,(H,27,29). The fourth-order valence-electron chi connectivity index (χ4n) is 3.66. The number of esters is 1. The van der Waals surface area contributed by atoms with Crippen molar-refractivity contribution in [1.82, 2.24) is 9.62 Å². The minimum Gasteiger partial charge on any atom is -0.452 e. The first-order valence-electron chi connectivity index (χ1n) is 10.7. The Morgan fingerprint density at radius 3 is 2.32 bits per heavy atom. The van der Waals surface area contributed by atoms with Crippen LogP contribution in [0.3, 0.4) is 0 Å². The van der Waals surface area contributed by atoms with Crippen LogP contribution in [0.4, 0.5) is 4.39 Å². The summed E-state index contributed by atoms with van der Waals surface area (Å²) in [6, 6.07) is 18.9. The van der Waals surface area contributed by atoms with Gasteiger partial charge in [0.2, 0.25) is 10.0 Å². The van der Waals surface area contributed by atoms with Gasteiger partial charge in [0, 0.05) is 19.6 Å². The zero-order valence-corrected chi connectivity index (χ0v) is 19.1. The number of carbonyl (C=O) groups excluding carboxylic acids is 2. The number of amides is 1. The molecule has 9 heteroatoms. The largest absolute Gasteiger partial charge is 0.452 e. The number of fused-ring (bicyclic) bond motifs is 1. The quantitative estimate of drug-likeness (QED) is 0.523. The first kappa shape index (κ1) is 23.6. The molecule has 3 aromatic carbocycles. The van der Waals surface area contributed by atoms with Crippen molar-refractivity contribution >= 4 is 21.9 Å². The van der Waals surface area contributed by atoms with E-state index in [0.717, 1.165) is 11.1 Å². The molecule has 1 aliphatic rings. The third kappa shape index (κ3) is 5.49. The van der Waals surface area contributed by atoms with E-state index in [1.54, 1.807) is 12.1 Å². The predicted molar refractivity (Wildman–Crippen MR) is 123 cm³/mol. The van der Waals surface area contributed by atoms with Gasteiger partial charge in [-0.2, -0.15) is 4.31 Å². The van der Waals surface area contributed by atoms with E-state index >= 15 is 0 Å². The van der Waals surface area contributed by atoms with Crippen molar-refractivity contribution in [3.8, 4) is 0 Å². The van der Waals surface area contributed by atoms with Gasteiger partial charge in [0.1, 0.15) is 5.82 Å². The second-order valence-electron chi connectivity index (χ2n) is 7.86. The van der Waals surface area contributed by atoms with Gasteiger partial charge in [0.25, 0.3) is 5.91 Å². The fraction of sp³-hybridized carbons (Fsp3) is 0.200. The zero-order valence-electron chi connectivity index (χ0n) is 18.2. The van der Waals surface area contributed by atoms with E-state index in [-0.39, 0.29) is 22.8 Å². The van der Waals surface area contributed by atoms with Crippen molar-refractivity contribution < 1.29 is 27.1 Å². The van der Waals surface area contributed by atoms with E-state index in [0.29, 0.717) is 25.1 Å². The minimum absolute atomic E-state index is 0.0838. The first-order valence-corrected chi connectivity index (χ1v) is 12.1. The zero-order chi connectivity index (χ0) is 24.1. The van der Waals surface area contributed by atoms with Crippen LogP contribution in [0.5, 0.6) is 0 Å². The Balaban J connectivity index is 1.31. The van der Waals surface area contributed by atoms with Gasteiger partial charge in [-0.05, 0) is 59.5 Å². The summed E-state index contributed by atoms with van der Waals surface area (Å²) in [5.74, 6) is -1.63. The van der Waals surface area contributed by atoms with Crippen molar-refractivity contribution in [2.45, 2.75) is 24.4 Å². The SMILES string of the molecule is O=C(COC(=O)c1ccc(S(=O)(=O)N2CCc3ccccc3C2)cc1)NCc1ccc(F)cc1. The molecule has 0 fully saturated rings. The Morgan fingerprint density at radius 2 is 1.62 bits per heavy atom. The lowest BCUT2D eigenvalue weighted by molar-refractivity contribution is -0.124. The van der Waals surface area contributed by atoms with Crippen molar-refractivity contribution in [3.05, 3.63) is 101 Å². The molecular weight excluding hydrogens is 459 g/mol. The summed E-state index contributed by atoms with van der Waals surface area (Å²) in [6.45, 7) is 0.364. The summed E-state index contributed by atoms with van der Waals surface area (Å²) in [4.78, 5) is 24.3. The Labute approximate surface area is 197 Å². The Kier molecular flexibility index (Phi) is 7.04. The molecule has 0 bridgehead atoms. The molecule has 1 aliphatic heterocycles. The second kappa shape index (κ2) is 10.1. The molecule has 0 saturated carbocycles. The summed E-state index contributed by atoms with van der Waals surface area (Å²) in [5, 5.41) is 2.57. The molecule has 1 heterocycles. The van der Waals surface area contributed by atoms with Crippen LogP contribution in [0, 0.1) is 5.82 Å². The molecule has 34 heavy (non-hydrogen) atoms. The van der Waals surface area contributed by atoms with Crippen LogP contribution in [0.1, 0.15) is 27.0 Å². The predicted octanol–water partition coefficient (Wildman–Crippen LogP) is 3.05. The van der Waals surface area contributed by atoms with Gasteiger partial charge in [-0.1, -0.05) is 36.4 Å². The van der Waals surface area contributed by atoms with Gasteiger partial charge in [-0.25, -0.2) is 17.6 Å². The summed E-state index contributed by atoms with van der Waals surface area (Å²) < 4.78 is 45.4. The molecule has 0 unspecified atom stereocenters.